The number of aryl methyl sites for hydroxylation is 2. The van der Waals surface area contributed by atoms with Crippen LogP contribution in [0.1, 0.15) is 16.1 Å². The fourth-order valence-electron chi connectivity index (χ4n) is 1.64. The van der Waals surface area contributed by atoms with Gasteiger partial charge in [-0.1, -0.05) is 0 Å². The van der Waals surface area contributed by atoms with Crippen LogP contribution in [0.2, 0.25) is 0 Å². The molecule has 0 aliphatic rings. The topological polar surface area (TPSA) is 59.8 Å². The molecule has 0 unspecified atom stereocenters. The first-order valence-electron chi connectivity index (χ1n) is 5.43. The van der Waals surface area contributed by atoms with Crippen molar-refractivity contribution in [3.05, 3.63) is 35.7 Å². The molecule has 0 saturated heterocycles. The summed E-state index contributed by atoms with van der Waals surface area (Å²) in [5.41, 5.74) is 1.44. The molecule has 2 rings (SSSR count). The van der Waals surface area contributed by atoms with Gasteiger partial charge in [-0.15, -0.1) is 11.8 Å². The van der Waals surface area contributed by atoms with E-state index in [0.29, 0.717) is 16.4 Å². The van der Waals surface area contributed by atoms with E-state index in [2.05, 4.69) is 15.4 Å². The Labute approximate surface area is 110 Å². The Hall–Kier alpha value is -1.82. The molecule has 94 valence electrons. The van der Waals surface area contributed by atoms with E-state index in [-0.39, 0.29) is 5.91 Å². The normalized spacial score (nSPS) is 10.4. The van der Waals surface area contributed by atoms with Gasteiger partial charge in [0.25, 0.3) is 5.91 Å². The number of nitrogens with one attached hydrogen (secondary N) is 1. The van der Waals surface area contributed by atoms with Crippen LogP contribution >= 0.6 is 11.8 Å². The van der Waals surface area contributed by atoms with Crippen molar-refractivity contribution in [3.8, 4) is 0 Å². The smallest absolute Gasteiger partial charge is 0.259 e. The Bertz CT molecular complexity index is 579. The van der Waals surface area contributed by atoms with Crippen molar-refractivity contribution in [1.29, 1.82) is 0 Å². The van der Waals surface area contributed by atoms with Crippen LogP contribution in [0.3, 0.4) is 0 Å². The van der Waals surface area contributed by atoms with Gasteiger partial charge in [0.1, 0.15) is 10.8 Å². The van der Waals surface area contributed by atoms with Crippen LogP contribution in [0.5, 0.6) is 0 Å². The van der Waals surface area contributed by atoms with E-state index in [9.17, 15) is 4.79 Å². The number of rotatable bonds is 3. The molecule has 6 heteroatoms. The molecule has 1 N–H and O–H groups in total. The van der Waals surface area contributed by atoms with Crippen molar-refractivity contribution in [1.82, 2.24) is 14.8 Å². The van der Waals surface area contributed by atoms with E-state index in [1.54, 1.807) is 30.1 Å². The number of carbonyl (C=O) groups excluding carboxylic acids is 1. The number of thioether (sulfide) groups is 1. The summed E-state index contributed by atoms with van der Waals surface area (Å²) >= 11 is 1.45. The number of anilines is 1. The SMILES string of the molecule is CSc1ncccc1C(=O)Nc1cc(C)nn1C. The van der Waals surface area contributed by atoms with Crippen molar-refractivity contribution in [2.45, 2.75) is 11.9 Å². The quantitative estimate of drug-likeness (QED) is 0.861. The van der Waals surface area contributed by atoms with Gasteiger partial charge in [-0.05, 0) is 25.3 Å². The second kappa shape index (κ2) is 5.22. The summed E-state index contributed by atoms with van der Waals surface area (Å²) in [6.07, 6.45) is 3.57. The molecule has 0 atom stereocenters. The van der Waals surface area contributed by atoms with E-state index in [1.807, 2.05) is 19.2 Å². The highest BCUT2D eigenvalue weighted by atomic mass is 32.2. The van der Waals surface area contributed by atoms with E-state index in [0.717, 1.165) is 5.69 Å². The minimum Gasteiger partial charge on any atom is -0.307 e. The van der Waals surface area contributed by atoms with Gasteiger partial charge in [-0.2, -0.15) is 5.10 Å². The third-order valence-corrected chi connectivity index (χ3v) is 3.16. The first-order valence-corrected chi connectivity index (χ1v) is 6.65. The van der Waals surface area contributed by atoms with E-state index in [4.69, 9.17) is 0 Å². The summed E-state index contributed by atoms with van der Waals surface area (Å²) in [7, 11) is 1.79. The summed E-state index contributed by atoms with van der Waals surface area (Å²) in [6, 6.07) is 5.34. The largest absolute Gasteiger partial charge is 0.307 e. The molecule has 18 heavy (non-hydrogen) atoms. The van der Waals surface area contributed by atoms with Gasteiger partial charge in [0.05, 0.1) is 11.3 Å². The highest BCUT2D eigenvalue weighted by Crippen LogP contribution is 2.18. The van der Waals surface area contributed by atoms with Crippen molar-refractivity contribution in [2.75, 3.05) is 11.6 Å². The average Bonchev–Trinajstić information content (AvgIpc) is 2.67. The minimum absolute atomic E-state index is 0.171. The maximum absolute atomic E-state index is 12.1. The predicted octanol–water partition coefficient (Wildman–Crippen LogP) is 2.10. The van der Waals surface area contributed by atoms with Crippen LogP contribution in [0, 0.1) is 6.92 Å². The fourth-order valence-corrected chi connectivity index (χ4v) is 2.18. The summed E-state index contributed by atoms with van der Waals surface area (Å²) in [4.78, 5) is 16.3. The molecule has 2 aromatic rings. The van der Waals surface area contributed by atoms with Crippen LogP contribution < -0.4 is 5.32 Å². The Balaban J connectivity index is 2.24. The number of aromatic nitrogens is 3. The lowest BCUT2D eigenvalue weighted by Gasteiger charge is -2.07. The third-order valence-electron chi connectivity index (χ3n) is 2.45. The van der Waals surface area contributed by atoms with Gasteiger partial charge >= 0.3 is 0 Å². The van der Waals surface area contributed by atoms with Gasteiger partial charge in [0.2, 0.25) is 0 Å². The van der Waals surface area contributed by atoms with Crippen molar-refractivity contribution >= 4 is 23.5 Å². The summed E-state index contributed by atoms with van der Waals surface area (Å²) in [5.74, 6) is 0.504. The molecule has 0 bridgehead atoms. The Morgan fingerprint density at radius 3 is 2.89 bits per heavy atom. The van der Waals surface area contributed by atoms with Crippen molar-refractivity contribution in [3.63, 3.8) is 0 Å². The molecular weight excluding hydrogens is 248 g/mol. The lowest BCUT2D eigenvalue weighted by atomic mass is 10.2. The van der Waals surface area contributed by atoms with Gasteiger partial charge in [-0.3, -0.25) is 9.48 Å². The third kappa shape index (κ3) is 2.53. The fraction of sp³-hybridized carbons (Fsp3) is 0.250. The molecule has 1 amide bonds. The van der Waals surface area contributed by atoms with Crippen molar-refractivity contribution < 1.29 is 4.79 Å². The highest BCUT2D eigenvalue weighted by Gasteiger charge is 2.13. The van der Waals surface area contributed by atoms with Crippen LogP contribution in [0.4, 0.5) is 5.82 Å². The van der Waals surface area contributed by atoms with Gasteiger partial charge in [-0.25, -0.2) is 4.98 Å². The Morgan fingerprint density at radius 2 is 2.28 bits per heavy atom. The minimum atomic E-state index is -0.171. The number of pyridine rings is 1. The van der Waals surface area contributed by atoms with Gasteiger partial charge in [0.15, 0.2) is 0 Å². The van der Waals surface area contributed by atoms with Crippen LogP contribution in [-0.4, -0.2) is 26.9 Å². The summed E-state index contributed by atoms with van der Waals surface area (Å²) in [6.45, 7) is 1.88. The van der Waals surface area contributed by atoms with Crippen LogP contribution in [0.25, 0.3) is 0 Å². The first-order chi connectivity index (χ1) is 8.61. The second-order valence-corrected chi connectivity index (χ2v) is 4.60. The average molecular weight is 262 g/mol. The molecule has 0 aliphatic heterocycles. The molecule has 5 nitrogen and oxygen atoms in total. The van der Waals surface area contributed by atoms with Gasteiger partial charge in [0, 0.05) is 19.3 Å². The molecule has 0 spiro atoms. The lowest BCUT2D eigenvalue weighted by molar-refractivity contribution is 0.102. The zero-order chi connectivity index (χ0) is 13.1. The molecular formula is C12H14N4OS. The molecule has 0 aromatic carbocycles. The molecule has 0 aliphatic carbocycles. The predicted molar refractivity (Wildman–Crippen MR) is 71.9 cm³/mol. The molecule has 0 fully saturated rings. The van der Waals surface area contributed by atoms with Crippen LogP contribution in [0.15, 0.2) is 29.4 Å². The second-order valence-electron chi connectivity index (χ2n) is 3.81. The number of nitrogens with zero attached hydrogens (tertiary/aromatic N) is 3. The summed E-state index contributed by atoms with van der Waals surface area (Å²) in [5, 5.41) is 7.73. The maximum Gasteiger partial charge on any atom is 0.259 e. The standard InChI is InChI=1S/C12H14N4OS/c1-8-7-10(16(2)15-8)14-11(17)9-5-4-6-13-12(9)18-3/h4-7H,1-3H3,(H,14,17). The van der Waals surface area contributed by atoms with E-state index < -0.39 is 0 Å². The van der Waals surface area contributed by atoms with E-state index >= 15 is 0 Å². The number of hydrogen-bond donors (Lipinski definition) is 1. The van der Waals surface area contributed by atoms with Gasteiger partial charge < -0.3 is 5.32 Å². The number of carbonyl (C=O) groups is 1. The molecule has 0 radical (unpaired) electrons. The highest BCUT2D eigenvalue weighted by molar-refractivity contribution is 7.98. The number of amides is 1. The van der Waals surface area contributed by atoms with Crippen molar-refractivity contribution in [2.24, 2.45) is 7.05 Å². The van der Waals surface area contributed by atoms with E-state index in [1.165, 1.54) is 11.8 Å². The zero-order valence-electron chi connectivity index (χ0n) is 10.5. The molecule has 2 heterocycles. The lowest BCUT2D eigenvalue weighted by Crippen LogP contribution is -2.15. The zero-order valence-corrected chi connectivity index (χ0v) is 11.3. The Kier molecular flexibility index (Phi) is 3.66. The number of hydrogen-bond acceptors (Lipinski definition) is 4. The first kappa shape index (κ1) is 12.6. The summed E-state index contributed by atoms with van der Waals surface area (Å²) < 4.78 is 1.64. The monoisotopic (exact) mass is 262 g/mol. The Morgan fingerprint density at radius 1 is 1.50 bits per heavy atom. The maximum atomic E-state index is 12.1. The molecule has 0 saturated carbocycles. The van der Waals surface area contributed by atoms with Crippen LogP contribution in [-0.2, 0) is 7.05 Å². The molecule has 2 aromatic heterocycles.